The maximum atomic E-state index is 13.0. The van der Waals surface area contributed by atoms with Crippen molar-refractivity contribution in [1.29, 1.82) is 0 Å². The van der Waals surface area contributed by atoms with Crippen LogP contribution in [0.3, 0.4) is 0 Å². The van der Waals surface area contributed by atoms with E-state index in [4.69, 9.17) is 8.94 Å². The Morgan fingerprint density at radius 3 is 2.76 bits per heavy atom. The van der Waals surface area contributed by atoms with E-state index in [0.717, 1.165) is 35.0 Å². The summed E-state index contributed by atoms with van der Waals surface area (Å²) in [6.07, 6.45) is 4.35. The molecule has 3 heterocycles. The van der Waals surface area contributed by atoms with Gasteiger partial charge in [-0.3, -0.25) is 0 Å². The third-order valence-corrected chi connectivity index (χ3v) is 4.30. The highest BCUT2D eigenvalue weighted by Crippen LogP contribution is 2.42. The minimum Gasteiger partial charge on any atom is -0.420 e. The van der Waals surface area contributed by atoms with Crippen molar-refractivity contribution in [1.82, 2.24) is 20.3 Å². The second-order valence-corrected chi connectivity index (χ2v) is 6.22. The zero-order valence-corrected chi connectivity index (χ0v) is 13.1. The molecule has 3 aromatic heterocycles. The van der Waals surface area contributed by atoms with E-state index in [1.54, 1.807) is 18.3 Å². The van der Waals surface area contributed by atoms with E-state index in [-0.39, 0.29) is 5.82 Å². The fourth-order valence-corrected chi connectivity index (χ4v) is 2.84. The molecule has 0 spiro atoms. The first-order valence-electron chi connectivity index (χ1n) is 8.09. The van der Waals surface area contributed by atoms with E-state index in [1.165, 1.54) is 12.1 Å². The summed E-state index contributed by atoms with van der Waals surface area (Å²) in [5.41, 5.74) is 3.11. The van der Waals surface area contributed by atoms with Gasteiger partial charge in [0.2, 0.25) is 11.8 Å². The predicted octanol–water partition coefficient (Wildman–Crippen LogP) is 3.88. The van der Waals surface area contributed by atoms with Crippen molar-refractivity contribution in [2.45, 2.75) is 25.2 Å². The number of aromatic nitrogens is 4. The Balaban J connectivity index is 1.45. The molecule has 0 N–H and O–H groups in total. The lowest BCUT2D eigenvalue weighted by molar-refractivity contribution is 0.439. The van der Waals surface area contributed by atoms with Gasteiger partial charge in [0.05, 0.1) is 23.1 Å². The Kier molecular flexibility index (Phi) is 3.12. The van der Waals surface area contributed by atoms with E-state index in [9.17, 15) is 4.39 Å². The van der Waals surface area contributed by atoms with Crippen LogP contribution in [0.1, 0.15) is 35.9 Å². The fourth-order valence-electron chi connectivity index (χ4n) is 2.84. The second kappa shape index (κ2) is 5.47. The van der Waals surface area contributed by atoms with Gasteiger partial charge in [0.15, 0.2) is 0 Å². The van der Waals surface area contributed by atoms with Gasteiger partial charge in [-0.25, -0.2) is 9.37 Å². The molecular formula is C18H13FN4O2. The summed E-state index contributed by atoms with van der Waals surface area (Å²) < 4.78 is 24.0. The van der Waals surface area contributed by atoms with Crippen LogP contribution >= 0.6 is 0 Å². The highest BCUT2D eigenvalue weighted by atomic mass is 19.1. The molecule has 124 valence electrons. The average molecular weight is 336 g/mol. The molecule has 5 rings (SSSR count). The zero-order valence-electron chi connectivity index (χ0n) is 13.1. The highest BCUT2D eigenvalue weighted by molar-refractivity contribution is 5.81. The van der Waals surface area contributed by atoms with Crippen LogP contribution in [0.5, 0.6) is 0 Å². The van der Waals surface area contributed by atoms with Crippen LogP contribution < -0.4 is 0 Å². The maximum absolute atomic E-state index is 13.0. The van der Waals surface area contributed by atoms with Crippen molar-refractivity contribution < 1.29 is 13.3 Å². The molecule has 0 radical (unpaired) electrons. The summed E-state index contributed by atoms with van der Waals surface area (Å²) in [6, 6.07) is 8.16. The van der Waals surface area contributed by atoms with Gasteiger partial charge >= 0.3 is 0 Å². The maximum Gasteiger partial charge on any atom is 0.257 e. The number of benzene rings is 1. The summed E-state index contributed by atoms with van der Waals surface area (Å²) in [5, 5.41) is 13.2. The van der Waals surface area contributed by atoms with Crippen LogP contribution in [0.2, 0.25) is 0 Å². The minimum atomic E-state index is -0.269. The smallest absolute Gasteiger partial charge is 0.257 e. The number of rotatable bonds is 4. The SMILES string of the molecule is Fc1ccc(Cc2nnc(-c3cnc4onc(C5CC5)c4c3)o2)cc1. The molecule has 6 nitrogen and oxygen atoms in total. The number of nitrogens with zero attached hydrogens (tertiary/aromatic N) is 4. The molecule has 1 aromatic carbocycles. The lowest BCUT2D eigenvalue weighted by Gasteiger charge is -1.97. The van der Waals surface area contributed by atoms with Crippen LogP contribution in [0.25, 0.3) is 22.6 Å². The second-order valence-electron chi connectivity index (χ2n) is 6.22. The lowest BCUT2D eigenvalue weighted by Crippen LogP contribution is -1.88. The lowest BCUT2D eigenvalue weighted by atomic mass is 10.1. The molecule has 1 fully saturated rings. The van der Waals surface area contributed by atoms with Gasteiger partial charge in [0.1, 0.15) is 5.82 Å². The first kappa shape index (κ1) is 14.3. The standard InChI is InChI=1S/C18H13FN4O2/c19-13-5-1-10(2-6-13)7-15-21-22-17(24-15)12-8-14-16(11-3-4-11)23-25-18(14)20-9-12/h1-2,5-6,8-9,11H,3-4,7H2. The zero-order chi connectivity index (χ0) is 16.8. The van der Waals surface area contributed by atoms with Crippen LogP contribution in [0.4, 0.5) is 4.39 Å². The van der Waals surface area contributed by atoms with E-state index in [0.29, 0.717) is 29.8 Å². The number of pyridine rings is 1. The number of halogens is 1. The normalized spacial score (nSPS) is 14.3. The quantitative estimate of drug-likeness (QED) is 0.563. The molecule has 25 heavy (non-hydrogen) atoms. The summed E-state index contributed by atoms with van der Waals surface area (Å²) in [5.74, 6) is 1.06. The fraction of sp³-hybridized carbons (Fsp3) is 0.222. The third-order valence-electron chi connectivity index (χ3n) is 4.30. The van der Waals surface area contributed by atoms with Crippen LogP contribution in [0, 0.1) is 5.82 Å². The topological polar surface area (TPSA) is 77.8 Å². The Morgan fingerprint density at radius 1 is 1.12 bits per heavy atom. The highest BCUT2D eigenvalue weighted by Gasteiger charge is 2.29. The molecule has 0 amide bonds. The monoisotopic (exact) mass is 336 g/mol. The average Bonchev–Trinajstić information content (AvgIpc) is 3.21. The molecule has 1 aliphatic carbocycles. The summed E-state index contributed by atoms with van der Waals surface area (Å²) in [6.45, 7) is 0. The van der Waals surface area contributed by atoms with Crippen molar-refractivity contribution >= 4 is 11.1 Å². The van der Waals surface area contributed by atoms with Crippen LogP contribution in [-0.2, 0) is 6.42 Å². The first-order valence-corrected chi connectivity index (χ1v) is 8.09. The van der Waals surface area contributed by atoms with Gasteiger partial charge < -0.3 is 8.94 Å². The Bertz CT molecular complexity index is 1050. The molecular weight excluding hydrogens is 323 g/mol. The minimum absolute atomic E-state index is 0.269. The molecule has 0 aliphatic heterocycles. The molecule has 7 heteroatoms. The van der Waals surface area contributed by atoms with Crippen molar-refractivity contribution in [3.63, 3.8) is 0 Å². The molecule has 4 aromatic rings. The van der Waals surface area contributed by atoms with E-state index in [2.05, 4.69) is 20.3 Å². The number of hydrogen-bond donors (Lipinski definition) is 0. The van der Waals surface area contributed by atoms with Crippen molar-refractivity contribution in [2.75, 3.05) is 0 Å². The van der Waals surface area contributed by atoms with E-state index >= 15 is 0 Å². The summed E-state index contributed by atoms with van der Waals surface area (Å²) in [7, 11) is 0. The van der Waals surface area contributed by atoms with Crippen LogP contribution in [0.15, 0.2) is 45.5 Å². The Labute approximate surface area is 141 Å². The van der Waals surface area contributed by atoms with Crippen LogP contribution in [-0.4, -0.2) is 20.3 Å². The van der Waals surface area contributed by atoms with Gasteiger partial charge in [-0.1, -0.05) is 17.3 Å². The largest absolute Gasteiger partial charge is 0.420 e. The first-order chi connectivity index (χ1) is 12.3. The summed E-state index contributed by atoms with van der Waals surface area (Å²) >= 11 is 0. The van der Waals surface area contributed by atoms with Gasteiger partial charge in [0.25, 0.3) is 5.71 Å². The number of fused-ring (bicyclic) bond motifs is 1. The molecule has 1 aliphatic rings. The van der Waals surface area contributed by atoms with Gasteiger partial charge in [-0.15, -0.1) is 10.2 Å². The van der Waals surface area contributed by atoms with E-state index < -0.39 is 0 Å². The van der Waals surface area contributed by atoms with Crippen molar-refractivity contribution in [3.05, 3.63) is 59.5 Å². The summed E-state index contributed by atoms with van der Waals surface area (Å²) in [4.78, 5) is 4.29. The van der Waals surface area contributed by atoms with Gasteiger partial charge in [0, 0.05) is 12.1 Å². The molecule has 0 atom stereocenters. The molecule has 0 saturated heterocycles. The molecule has 0 unspecified atom stereocenters. The Hall–Kier alpha value is -3.09. The molecule has 1 saturated carbocycles. The third kappa shape index (κ3) is 2.67. The Morgan fingerprint density at radius 2 is 1.96 bits per heavy atom. The van der Waals surface area contributed by atoms with Crippen molar-refractivity contribution in [3.8, 4) is 11.5 Å². The molecule has 0 bridgehead atoms. The van der Waals surface area contributed by atoms with Gasteiger partial charge in [-0.2, -0.15) is 0 Å². The van der Waals surface area contributed by atoms with Gasteiger partial charge in [-0.05, 0) is 36.6 Å². The predicted molar refractivity (Wildman–Crippen MR) is 86.3 cm³/mol. The van der Waals surface area contributed by atoms with E-state index in [1.807, 2.05) is 6.07 Å². The number of hydrogen-bond acceptors (Lipinski definition) is 6. The van der Waals surface area contributed by atoms with Crippen molar-refractivity contribution in [2.24, 2.45) is 0 Å².